The van der Waals surface area contributed by atoms with Crippen molar-refractivity contribution in [1.29, 1.82) is 5.26 Å². The Morgan fingerprint density at radius 1 is 1.26 bits per heavy atom. The summed E-state index contributed by atoms with van der Waals surface area (Å²) in [7, 11) is 0. The van der Waals surface area contributed by atoms with Gasteiger partial charge in [-0.2, -0.15) is 5.26 Å². The fraction of sp³-hybridized carbons (Fsp3) is 0.467. The van der Waals surface area contributed by atoms with Crippen molar-refractivity contribution in [3.8, 4) is 11.8 Å². The van der Waals surface area contributed by atoms with Crippen LogP contribution < -0.4 is 4.74 Å². The fourth-order valence-corrected chi connectivity index (χ4v) is 1.65. The predicted molar refractivity (Wildman–Crippen MR) is 71.8 cm³/mol. The Balaban J connectivity index is 2.14. The molecule has 0 fully saturated rings. The lowest BCUT2D eigenvalue weighted by atomic mass is 10.2. The molecule has 0 heterocycles. The molecule has 102 valence electrons. The van der Waals surface area contributed by atoms with Gasteiger partial charge >= 0.3 is 5.97 Å². The number of hydrogen-bond acceptors (Lipinski definition) is 4. The van der Waals surface area contributed by atoms with Crippen LogP contribution in [0.4, 0.5) is 0 Å². The van der Waals surface area contributed by atoms with E-state index in [0.29, 0.717) is 30.9 Å². The summed E-state index contributed by atoms with van der Waals surface area (Å²) in [5.41, 5.74) is 0.550. The van der Waals surface area contributed by atoms with Gasteiger partial charge in [-0.05, 0) is 38.3 Å². The van der Waals surface area contributed by atoms with Crippen LogP contribution in [0.5, 0.6) is 5.75 Å². The highest BCUT2D eigenvalue weighted by atomic mass is 16.5. The summed E-state index contributed by atoms with van der Waals surface area (Å²) >= 11 is 0. The molecular weight excluding hydrogens is 242 g/mol. The quantitative estimate of drug-likeness (QED) is 0.533. The van der Waals surface area contributed by atoms with Crippen molar-refractivity contribution in [1.82, 2.24) is 0 Å². The van der Waals surface area contributed by atoms with Gasteiger partial charge < -0.3 is 9.47 Å². The molecule has 1 rings (SSSR count). The summed E-state index contributed by atoms with van der Waals surface area (Å²) in [4.78, 5) is 11.1. The standard InChI is InChI=1S/C15H19NO3/c1-2-18-15(17)10-4-3-7-11-19-14-9-6-5-8-13(14)12-16/h5-6,8-9H,2-4,7,10-11H2,1H3. The lowest BCUT2D eigenvalue weighted by Crippen LogP contribution is -2.04. The van der Waals surface area contributed by atoms with E-state index in [9.17, 15) is 4.79 Å². The minimum atomic E-state index is -0.141. The lowest BCUT2D eigenvalue weighted by molar-refractivity contribution is -0.143. The number of hydrogen-bond donors (Lipinski definition) is 0. The molecule has 0 N–H and O–H groups in total. The Labute approximate surface area is 113 Å². The summed E-state index contributed by atoms with van der Waals surface area (Å²) in [5, 5.41) is 8.89. The SMILES string of the molecule is CCOC(=O)CCCCCOc1ccccc1C#N. The molecule has 4 heteroatoms. The number of carbonyl (C=O) groups is 1. The van der Waals surface area contributed by atoms with Crippen LogP contribution in [0, 0.1) is 11.3 Å². The number of rotatable bonds is 8. The summed E-state index contributed by atoms with van der Waals surface area (Å²) in [6.07, 6.45) is 3.04. The van der Waals surface area contributed by atoms with Gasteiger partial charge in [0.2, 0.25) is 0 Å². The molecule has 19 heavy (non-hydrogen) atoms. The number of nitriles is 1. The van der Waals surface area contributed by atoms with Crippen LogP contribution in [0.15, 0.2) is 24.3 Å². The van der Waals surface area contributed by atoms with Crippen LogP contribution in [-0.4, -0.2) is 19.2 Å². The van der Waals surface area contributed by atoms with Crippen LogP contribution in [-0.2, 0) is 9.53 Å². The van der Waals surface area contributed by atoms with Gasteiger partial charge in [-0.15, -0.1) is 0 Å². The molecule has 1 aromatic carbocycles. The third-order valence-electron chi connectivity index (χ3n) is 2.60. The average Bonchev–Trinajstić information content (AvgIpc) is 2.43. The van der Waals surface area contributed by atoms with Crippen molar-refractivity contribution >= 4 is 5.97 Å². The highest BCUT2D eigenvalue weighted by Crippen LogP contribution is 2.17. The van der Waals surface area contributed by atoms with Gasteiger partial charge in [0.25, 0.3) is 0 Å². The molecule has 4 nitrogen and oxygen atoms in total. The molecule has 0 aromatic heterocycles. The van der Waals surface area contributed by atoms with Gasteiger partial charge in [0, 0.05) is 6.42 Å². The third kappa shape index (κ3) is 5.91. The Kier molecular flexibility index (Phi) is 7.11. The van der Waals surface area contributed by atoms with Gasteiger partial charge in [0.15, 0.2) is 0 Å². The van der Waals surface area contributed by atoms with E-state index in [-0.39, 0.29) is 5.97 Å². The van der Waals surface area contributed by atoms with Gasteiger partial charge in [-0.3, -0.25) is 4.79 Å². The summed E-state index contributed by atoms with van der Waals surface area (Å²) in [5.74, 6) is 0.480. The average molecular weight is 261 g/mol. The van der Waals surface area contributed by atoms with Crippen molar-refractivity contribution in [3.63, 3.8) is 0 Å². The maximum Gasteiger partial charge on any atom is 0.305 e. The molecule has 0 radical (unpaired) electrons. The van der Waals surface area contributed by atoms with E-state index in [1.807, 2.05) is 12.1 Å². The first-order chi connectivity index (χ1) is 9.27. The van der Waals surface area contributed by atoms with E-state index in [4.69, 9.17) is 14.7 Å². The monoisotopic (exact) mass is 261 g/mol. The number of benzene rings is 1. The second kappa shape index (κ2) is 8.98. The molecular formula is C15H19NO3. The molecule has 0 bridgehead atoms. The number of carbonyl (C=O) groups excluding carboxylic acids is 1. The molecule has 0 aliphatic heterocycles. The topological polar surface area (TPSA) is 59.3 Å². The van der Waals surface area contributed by atoms with E-state index < -0.39 is 0 Å². The van der Waals surface area contributed by atoms with Gasteiger partial charge in [0.05, 0.1) is 18.8 Å². The summed E-state index contributed by atoms with van der Waals surface area (Å²) in [6, 6.07) is 9.27. The van der Waals surface area contributed by atoms with Gasteiger partial charge in [-0.25, -0.2) is 0 Å². The van der Waals surface area contributed by atoms with Crippen molar-refractivity contribution < 1.29 is 14.3 Å². The highest BCUT2D eigenvalue weighted by Gasteiger charge is 2.02. The van der Waals surface area contributed by atoms with Crippen molar-refractivity contribution in [2.75, 3.05) is 13.2 Å². The van der Waals surface area contributed by atoms with Gasteiger partial charge in [-0.1, -0.05) is 12.1 Å². The largest absolute Gasteiger partial charge is 0.492 e. The highest BCUT2D eigenvalue weighted by molar-refractivity contribution is 5.69. The Bertz CT molecular complexity index is 437. The summed E-state index contributed by atoms with van der Waals surface area (Å²) in [6.45, 7) is 2.80. The van der Waals surface area contributed by atoms with E-state index in [1.54, 1.807) is 19.1 Å². The molecule has 0 amide bonds. The van der Waals surface area contributed by atoms with Crippen molar-refractivity contribution in [2.24, 2.45) is 0 Å². The first-order valence-corrected chi connectivity index (χ1v) is 6.55. The van der Waals surface area contributed by atoms with Crippen LogP contribution in [0.1, 0.15) is 38.2 Å². The number of nitrogens with zero attached hydrogens (tertiary/aromatic N) is 1. The number of unbranched alkanes of at least 4 members (excludes halogenated alkanes) is 2. The second-order valence-corrected chi connectivity index (χ2v) is 4.07. The molecule has 0 spiro atoms. The normalized spacial score (nSPS) is 9.68. The minimum absolute atomic E-state index is 0.141. The predicted octanol–water partition coefficient (Wildman–Crippen LogP) is 3.06. The Hall–Kier alpha value is -2.02. The molecule has 0 unspecified atom stereocenters. The number of esters is 1. The van der Waals surface area contributed by atoms with Gasteiger partial charge in [0.1, 0.15) is 11.8 Å². The van der Waals surface area contributed by atoms with Crippen molar-refractivity contribution in [2.45, 2.75) is 32.6 Å². The van der Waals surface area contributed by atoms with E-state index >= 15 is 0 Å². The van der Waals surface area contributed by atoms with Crippen LogP contribution in [0.25, 0.3) is 0 Å². The third-order valence-corrected chi connectivity index (χ3v) is 2.60. The first-order valence-electron chi connectivity index (χ1n) is 6.55. The second-order valence-electron chi connectivity index (χ2n) is 4.07. The van der Waals surface area contributed by atoms with E-state index in [0.717, 1.165) is 19.3 Å². The van der Waals surface area contributed by atoms with E-state index in [2.05, 4.69) is 6.07 Å². The molecule has 0 saturated heterocycles. The van der Waals surface area contributed by atoms with Crippen LogP contribution in [0.3, 0.4) is 0 Å². The number of para-hydroxylation sites is 1. The summed E-state index contributed by atoms with van der Waals surface area (Å²) < 4.78 is 10.4. The fourth-order valence-electron chi connectivity index (χ4n) is 1.65. The van der Waals surface area contributed by atoms with E-state index in [1.165, 1.54) is 0 Å². The zero-order chi connectivity index (χ0) is 13.9. The maximum atomic E-state index is 11.1. The smallest absolute Gasteiger partial charge is 0.305 e. The Morgan fingerprint density at radius 2 is 2.05 bits per heavy atom. The maximum absolute atomic E-state index is 11.1. The Morgan fingerprint density at radius 3 is 2.79 bits per heavy atom. The molecule has 0 saturated carbocycles. The number of ether oxygens (including phenoxy) is 2. The molecule has 0 aliphatic rings. The first kappa shape index (κ1) is 15.0. The zero-order valence-corrected chi connectivity index (χ0v) is 11.2. The molecule has 1 aromatic rings. The molecule has 0 atom stereocenters. The van der Waals surface area contributed by atoms with Crippen LogP contribution >= 0.6 is 0 Å². The zero-order valence-electron chi connectivity index (χ0n) is 11.2. The van der Waals surface area contributed by atoms with Crippen LogP contribution in [0.2, 0.25) is 0 Å². The lowest BCUT2D eigenvalue weighted by Gasteiger charge is -2.07. The van der Waals surface area contributed by atoms with Crippen molar-refractivity contribution in [3.05, 3.63) is 29.8 Å². The minimum Gasteiger partial charge on any atom is -0.492 e. The molecule has 0 aliphatic carbocycles.